The Balaban J connectivity index is 1.57. The summed E-state index contributed by atoms with van der Waals surface area (Å²) >= 11 is 0. The van der Waals surface area contributed by atoms with Crippen molar-refractivity contribution >= 4 is 11.9 Å². The number of rotatable bonds is 8. The predicted octanol–water partition coefficient (Wildman–Crippen LogP) is 3.62. The van der Waals surface area contributed by atoms with E-state index >= 15 is 0 Å². The van der Waals surface area contributed by atoms with E-state index in [0.29, 0.717) is 18.4 Å². The van der Waals surface area contributed by atoms with Gasteiger partial charge in [-0.15, -0.1) is 0 Å². The number of unbranched alkanes of at least 4 members (excludes halogenated alkanes) is 1. The van der Waals surface area contributed by atoms with Gasteiger partial charge >= 0.3 is 11.9 Å². The highest BCUT2D eigenvalue weighted by molar-refractivity contribution is 5.81. The zero-order valence-electron chi connectivity index (χ0n) is 15.4. The summed E-state index contributed by atoms with van der Waals surface area (Å²) in [6, 6.07) is 0. The molecular weight excluding hydrogens is 320 g/mol. The maximum Gasteiger partial charge on any atom is 0.330 e. The average Bonchev–Trinajstić information content (AvgIpc) is 3.25. The van der Waals surface area contributed by atoms with Gasteiger partial charge < -0.3 is 14.2 Å². The quantitative estimate of drug-likeness (QED) is 0.290. The van der Waals surface area contributed by atoms with Crippen LogP contribution in [0.3, 0.4) is 0 Å². The fourth-order valence-corrected chi connectivity index (χ4v) is 5.27. The van der Waals surface area contributed by atoms with E-state index in [2.05, 4.69) is 13.5 Å². The highest BCUT2D eigenvalue weighted by Crippen LogP contribution is 2.63. The Labute approximate surface area is 150 Å². The van der Waals surface area contributed by atoms with Gasteiger partial charge in [-0.05, 0) is 57.3 Å². The Morgan fingerprint density at radius 1 is 1.36 bits per heavy atom. The van der Waals surface area contributed by atoms with Gasteiger partial charge in [-0.1, -0.05) is 19.9 Å². The van der Waals surface area contributed by atoms with Gasteiger partial charge in [-0.3, -0.25) is 4.79 Å². The van der Waals surface area contributed by atoms with Crippen molar-refractivity contribution in [2.75, 3.05) is 6.61 Å². The number of ether oxygens (including phenoxy) is 3. The second kappa shape index (κ2) is 7.48. The predicted molar refractivity (Wildman–Crippen MR) is 92.5 cm³/mol. The fraction of sp³-hybridized carbons (Fsp3) is 0.800. The zero-order chi connectivity index (χ0) is 18.0. The van der Waals surface area contributed by atoms with Crippen molar-refractivity contribution in [1.82, 2.24) is 0 Å². The Morgan fingerprint density at radius 3 is 2.88 bits per heavy atom. The Hall–Kier alpha value is -1.36. The third-order valence-corrected chi connectivity index (χ3v) is 6.38. The molecule has 5 nitrogen and oxygen atoms in total. The molecule has 0 saturated heterocycles. The normalized spacial score (nSPS) is 36.7. The summed E-state index contributed by atoms with van der Waals surface area (Å²) in [6.45, 7) is 8.00. The van der Waals surface area contributed by atoms with E-state index < -0.39 is 6.29 Å². The van der Waals surface area contributed by atoms with Gasteiger partial charge in [0.1, 0.15) is 5.60 Å². The lowest BCUT2D eigenvalue weighted by atomic mass is 9.79. The summed E-state index contributed by atoms with van der Waals surface area (Å²) < 4.78 is 16.8. The molecule has 0 radical (unpaired) electrons. The summed E-state index contributed by atoms with van der Waals surface area (Å²) in [7, 11) is 0. The lowest BCUT2D eigenvalue weighted by molar-refractivity contribution is -0.179. The minimum Gasteiger partial charge on any atom is -0.456 e. The van der Waals surface area contributed by atoms with Crippen LogP contribution in [0.2, 0.25) is 0 Å². The van der Waals surface area contributed by atoms with Crippen molar-refractivity contribution in [3.05, 3.63) is 12.7 Å². The Morgan fingerprint density at radius 2 is 2.16 bits per heavy atom. The Kier molecular flexibility index (Phi) is 5.52. The van der Waals surface area contributed by atoms with Crippen LogP contribution in [0.4, 0.5) is 0 Å². The molecule has 25 heavy (non-hydrogen) atoms. The van der Waals surface area contributed by atoms with Crippen molar-refractivity contribution in [3.63, 3.8) is 0 Å². The molecule has 0 heterocycles. The molecule has 0 aromatic carbocycles. The van der Waals surface area contributed by atoms with Gasteiger partial charge in [0.05, 0.1) is 12.5 Å². The van der Waals surface area contributed by atoms with Crippen LogP contribution in [0.15, 0.2) is 12.7 Å². The number of hydrogen-bond donors (Lipinski definition) is 0. The van der Waals surface area contributed by atoms with Crippen LogP contribution < -0.4 is 0 Å². The van der Waals surface area contributed by atoms with Crippen LogP contribution in [0.1, 0.15) is 58.8 Å². The first-order valence-electron chi connectivity index (χ1n) is 9.66. The van der Waals surface area contributed by atoms with E-state index in [-0.39, 0.29) is 29.4 Å². The summed E-state index contributed by atoms with van der Waals surface area (Å²) in [6.07, 6.45) is 7.32. The maximum absolute atomic E-state index is 12.5. The van der Waals surface area contributed by atoms with Gasteiger partial charge in [0.15, 0.2) is 6.29 Å². The number of carbonyl (C=O) groups excluding carboxylic acids is 2. The third kappa shape index (κ3) is 3.62. The van der Waals surface area contributed by atoms with Crippen LogP contribution in [0, 0.1) is 23.7 Å². The molecule has 6 unspecified atom stereocenters. The monoisotopic (exact) mass is 350 g/mol. The Bertz CT molecular complexity index is 530. The molecule has 3 rings (SSSR count). The summed E-state index contributed by atoms with van der Waals surface area (Å²) in [4.78, 5) is 24.3. The SMILES string of the molecule is C=CC(=O)OC12CCC(C1)C1CC(C(=O)OC(C)OCCCC)CC12. The van der Waals surface area contributed by atoms with Gasteiger partial charge in [0, 0.05) is 12.0 Å². The first kappa shape index (κ1) is 18.4. The van der Waals surface area contributed by atoms with E-state index in [1.807, 2.05) is 0 Å². The molecule has 3 aliphatic rings. The number of esters is 2. The van der Waals surface area contributed by atoms with Crippen LogP contribution in [-0.4, -0.2) is 30.4 Å². The molecule has 3 fully saturated rings. The van der Waals surface area contributed by atoms with E-state index in [1.54, 1.807) is 6.92 Å². The molecule has 3 aliphatic carbocycles. The fourth-order valence-electron chi connectivity index (χ4n) is 5.27. The number of carbonyl (C=O) groups is 2. The molecule has 0 aromatic heterocycles. The van der Waals surface area contributed by atoms with Gasteiger partial charge in [0.2, 0.25) is 0 Å². The molecule has 2 bridgehead atoms. The molecule has 0 aromatic rings. The van der Waals surface area contributed by atoms with Crippen LogP contribution in [-0.2, 0) is 23.8 Å². The molecule has 0 aliphatic heterocycles. The second-order valence-electron chi connectivity index (χ2n) is 7.86. The topological polar surface area (TPSA) is 61.8 Å². The van der Waals surface area contributed by atoms with Crippen molar-refractivity contribution in [2.45, 2.75) is 70.7 Å². The first-order valence-corrected chi connectivity index (χ1v) is 9.66. The summed E-state index contributed by atoms with van der Waals surface area (Å²) in [5.41, 5.74) is -0.376. The molecule has 5 heteroatoms. The zero-order valence-corrected chi connectivity index (χ0v) is 15.4. The van der Waals surface area contributed by atoms with E-state index in [9.17, 15) is 9.59 Å². The smallest absolute Gasteiger partial charge is 0.330 e. The number of hydrogen-bond acceptors (Lipinski definition) is 5. The maximum atomic E-state index is 12.5. The molecule has 0 spiro atoms. The molecule has 0 N–H and O–H groups in total. The number of fused-ring (bicyclic) bond motifs is 5. The van der Waals surface area contributed by atoms with Crippen LogP contribution in [0.5, 0.6) is 0 Å². The van der Waals surface area contributed by atoms with Crippen molar-refractivity contribution < 1.29 is 23.8 Å². The molecule has 0 amide bonds. The van der Waals surface area contributed by atoms with Gasteiger partial charge in [-0.2, -0.15) is 0 Å². The summed E-state index contributed by atoms with van der Waals surface area (Å²) in [5.74, 6) is 0.714. The van der Waals surface area contributed by atoms with Crippen LogP contribution >= 0.6 is 0 Å². The average molecular weight is 350 g/mol. The van der Waals surface area contributed by atoms with Gasteiger partial charge in [-0.25, -0.2) is 4.79 Å². The lowest BCUT2D eigenvalue weighted by Gasteiger charge is -2.35. The first-order chi connectivity index (χ1) is 12.0. The van der Waals surface area contributed by atoms with Crippen molar-refractivity contribution in [3.8, 4) is 0 Å². The van der Waals surface area contributed by atoms with Crippen molar-refractivity contribution in [2.24, 2.45) is 23.7 Å². The molecule has 3 saturated carbocycles. The highest BCUT2D eigenvalue weighted by atomic mass is 16.7. The minimum atomic E-state index is -0.497. The molecular formula is C20H30O5. The van der Waals surface area contributed by atoms with E-state index in [4.69, 9.17) is 14.2 Å². The summed E-state index contributed by atoms with van der Waals surface area (Å²) in [5, 5.41) is 0. The van der Waals surface area contributed by atoms with E-state index in [0.717, 1.165) is 44.9 Å². The molecule has 6 atom stereocenters. The lowest BCUT2D eigenvalue weighted by Crippen LogP contribution is -2.39. The van der Waals surface area contributed by atoms with Crippen LogP contribution in [0.25, 0.3) is 0 Å². The highest BCUT2D eigenvalue weighted by Gasteiger charge is 2.63. The second-order valence-corrected chi connectivity index (χ2v) is 7.86. The van der Waals surface area contributed by atoms with Crippen molar-refractivity contribution in [1.29, 1.82) is 0 Å². The minimum absolute atomic E-state index is 0.102. The van der Waals surface area contributed by atoms with E-state index in [1.165, 1.54) is 6.08 Å². The third-order valence-electron chi connectivity index (χ3n) is 6.38. The van der Waals surface area contributed by atoms with Gasteiger partial charge in [0.25, 0.3) is 0 Å². The standard InChI is InChI=1S/C20H30O5/c1-4-6-9-23-13(3)24-19(22)15-10-16-14-7-8-20(12-14,17(16)11-15)25-18(21)5-2/h5,13-17H,2,4,6-12H2,1,3H3. The molecule has 140 valence electrons. The largest absolute Gasteiger partial charge is 0.456 e.